The molecular weight excluding hydrogens is 224 g/mol. The second kappa shape index (κ2) is 6.64. The molecule has 0 amide bonds. The molecule has 0 aromatic carbocycles. The third-order valence-electron chi connectivity index (χ3n) is 3.82. The van der Waals surface area contributed by atoms with Crippen LogP contribution in [-0.2, 0) is 11.2 Å². The minimum Gasteiger partial charge on any atom is -0.297 e. The topological polar surface area (TPSA) is 33.2 Å². The standard InChI is InChI=1S/C15H24N2O/c1-5-15(4,17(6-2)7-3)14(18)12-13-10-8-9-11-16-13/h8-11H,5-7,12H2,1-4H3. The molecule has 0 saturated carbocycles. The molecule has 0 fully saturated rings. The van der Waals surface area contributed by atoms with E-state index in [4.69, 9.17) is 0 Å². The largest absolute Gasteiger partial charge is 0.297 e. The summed E-state index contributed by atoms with van der Waals surface area (Å²) in [7, 11) is 0. The molecule has 1 aromatic rings. The van der Waals surface area contributed by atoms with Crippen molar-refractivity contribution in [2.45, 2.75) is 46.1 Å². The molecule has 3 heteroatoms. The van der Waals surface area contributed by atoms with Gasteiger partial charge in [0.25, 0.3) is 0 Å². The van der Waals surface area contributed by atoms with Crippen molar-refractivity contribution in [1.29, 1.82) is 0 Å². The first-order valence-electron chi connectivity index (χ1n) is 6.76. The second-order valence-electron chi connectivity index (χ2n) is 4.72. The zero-order valence-electron chi connectivity index (χ0n) is 11.9. The van der Waals surface area contributed by atoms with Crippen LogP contribution in [0.15, 0.2) is 24.4 Å². The summed E-state index contributed by atoms with van der Waals surface area (Å²) in [6, 6.07) is 5.71. The number of nitrogens with zero attached hydrogens (tertiary/aromatic N) is 2. The number of likely N-dealkylation sites (N-methyl/N-ethyl adjacent to an activating group) is 1. The molecule has 1 atom stereocenters. The molecule has 0 bridgehead atoms. The molecular formula is C15H24N2O. The van der Waals surface area contributed by atoms with Gasteiger partial charge in [0.15, 0.2) is 5.78 Å². The second-order valence-corrected chi connectivity index (χ2v) is 4.72. The zero-order valence-corrected chi connectivity index (χ0v) is 11.9. The van der Waals surface area contributed by atoms with Gasteiger partial charge in [-0.3, -0.25) is 14.7 Å². The van der Waals surface area contributed by atoms with E-state index in [0.717, 1.165) is 25.2 Å². The normalized spacial score (nSPS) is 14.5. The molecule has 0 radical (unpaired) electrons. The number of hydrogen-bond acceptors (Lipinski definition) is 3. The molecule has 0 aliphatic carbocycles. The summed E-state index contributed by atoms with van der Waals surface area (Å²) in [5.41, 5.74) is 0.482. The minimum atomic E-state index is -0.374. The van der Waals surface area contributed by atoms with E-state index in [0.29, 0.717) is 6.42 Å². The quantitative estimate of drug-likeness (QED) is 0.744. The highest BCUT2D eigenvalue weighted by Crippen LogP contribution is 2.22. The Morgan fingerprint density at radius 2 is 1.94 bits per heavy atom. The van der Waals surface area contributed by atoms with Crippen LogP contribution in [0.5, 0.6) is 0 Å². The maximum atomic E-state index is 12.5. The first kappa shape index (κ1) is 14.8. The lowest BCUT2D eigenvalue weighted by Gasteiger charge is -2.38. The smallest absolute Gasteiger partial charge is 0.158 e. The van der Waals surface area contributed by atoms with E-state index in [-0.39, 0.29) is 11.3 Å². The fourth-order valence-electron chi connectivity index (χ4n) is 2.38. The lowest BCUT2D eigenvalue weighted by atomic mass is 9.88. The van der Waals surface area contributed by atoms with Crippen LogP contribution in [0.1, 0.15) is 39.8 Å². The van der Waals surface area contributed by atoms with Gasteiger partial charge in [0.1, 0.15) is 0 Å². The van der Waals surface area contributed by atoms with Crippen LogP contribution in [0.25, 0.3) is 0 Å². The number of carbonyl (C=O) groups excluding carboxylic acids is 1. The van der Waals surface area contributed by atoms with Crippen LogP contribution in [-0.4, -0.2) is 34.3 Å². The Hall–Kier alpha value is -1.22. The van der Waals surface area contributed by atoms with Gasteiger partial charge in [0, 0.05) is 11.9 Å². The number of hydrogen-bond donors (Lipinski definition) is 0. The van der Waals surface area contributed by atoms with Gasteiger partial charge in [-0.25, -0.2) is 0 Å². The van der Waals surface area contributed by atoms with E-state index in [1.54, 1.807) is 6.20 Å². The Morgan fingerprint density at radius 1 is 1.28 bits per heavy atom. The van der Waals surface area contributed by atoms with Crippen molar-refractivity contribution in [3.8, 4) is 0 Å². The summed E-state index contributed by atoms with van der Waals surface area (Å²) in [4.78, 5) is 19.0. The van der Waals surface area contributed by atoms with Crippen molar-refractivity contribution >= 4 is 5.78 Å². The number of Topliss-reactive ketones (excluding diaryl/α,β-unsaturated/α-hetero) is 1. The van der Waals surface area contributed by atoms with Gasteiger partial charge >= 0.3 is 0 Å². The minimum absolute atomic E-state index is 0.257. The summed E-state index contributed by atoms with van der Waals surface area (Å²) in [5.74, 6) is 0.257. The molecule has 0 aliphatic heterocycles. The maximum absolute atomic E-state index is 12.5. The van der Waals surface area contributed by atoms with E-state index in [1.165, 1.54) is 0 Å². The van der Waals surface area contributed by atoms with Crippen molar-refractivity contribution < 1.29 is 4.79 Å². The highest BCUT2D eigenvalue weighted by atomic mass is 16.1. The third kappa shape index (κ3) is 3.16. The van der Waals surface area contributed by atoms with E-state index < -0.39 is 0 Å². The van der Waals surface area contributed by atoms with Crippen molar-refractivity contribution in [3.63, 3.8) is 0 Å². The van der Waals surface area contributed by atoms with Crippen molar-refractivity contribution in [2.75, 3.05) is 13.1 Å². The highest BCUT2D eigenvalue weighted by Gasteiger charge is 2.35. The first-order valence-corrected chi connectivity index (χ1v) is 6.76. The molecule has 0 spiro atoms. The van der Waals surface area contributed by atoms with E-state index in [2.05, 4.69) is 30.7 Å². The summed E-state index contributed by atoms with van der Waals surface area (Å²) < 4.78 is 0. The van der Waals surface area contributed by atoms with Crippen LogP contribution in [0.2, 0.25) is 0 Å². The van der Waals surface area contributed by atoms with Gasteiger partial charge in [0.05, 0.1) is 12.0 Å². The number of rotatable bonds is 7. The lowest BCUT2D eigenvalue weighted by molar-refractivity contribution is -0.129. The monoisotopic (exact) mass is 248 g/mol. The lowest BCUT2D eigenvalue weighted by Crippen LogP contribution is -2.52. The van der Waals surface area contributed by atoms with Crippen LogP contribution in [0, 0.1) is 0 Å². The number of ketones is 1. The van der Waals surface area contributed by atoms with E-state index in [9.17, 15) is 4.79 Å². The summed E-state index contributed by atoms with van der Waals surface area (Å²) in [6.45, 7) is 10.1. The Kier molecular flexibility index (Phi) is 5.48. The number of aromatic nitrogens is 1. The van der Waals surface area contributed by atoms with Gasteiger partial charge in [-0.15, -0.1) is 0 Å². The van der Waals surface area contributed by atoms with Gasteiger partial charge in [0.2, 0.25) is 0 Å². The summed E-state index contributed by atoms with van der Waals surface area (Å²) in [5, 5.41) is 0. The highest BCUT2D eigenvalue weighted by molar-refractivity contribution is 5.89. The van der Waals surface area contributed by atoms with Crippen molar-refractivity contribution in [2.24, 2.45) is 0 Å². The zero-order chi connectivity index (χ0) is 13.6. The molecule has 1 unspecified atom stereocenters. The van der Waals surface area contributed by atoms with Gasteiger partial charge < -0.3 is 0 Å². The first-order chi connectivity index (χ1) is 8.58. The van der Waals surface area contributed by atoms with Crippen molar-refractivity contribution in [1.82, 2.24) is 9.88 Å². The van der Waals surface area contributed by atoms with Crippen LogP contribution < -0.4 is 0 Å². The number of carbonyl (C=O) groups is 1. The molecule has 0 aliphatic rings. The van der Waals surface area contributed by atoms with Gasteiger partial charge in [-0.2, -0.15) is 0 Å². The van der Waals surface area contributed by atoms with Gasteiger partial charge in [-0.1, -0.05) is 26.8 Å². The van der Waals surface area contributed by atoms with Crippen LogP contribution in [0.3, 0.4) is 0 Å². The fraction of sp³-hybridized carbons (Fsp3) is 0.600. The Labute approximate surface area is 110 Å². The molecule has 1 rings (SSSR count). The Morgan fingerprint density at radius 3 is 2.39 bits per heavy atom. The van der Waals surface area contributed by atoms with Gasteiger partial charge in [-0.05, 0) is 38.6 Å². The summed E-state index contributed by atoms with van der Waals surface area (Å²) in [6.07, 6.45) is 2.99. The molecule has 1 heterocycles. The SMILES string of the molecule is CCN(CC)C(C)(CC)C(=O)Cc1ccccn1. The Balaban J connectivity index is 2.85. The summed E-state index contributed by atoms with van der Waals surface area (Å²) >= 11 is 0. The third-order valence-corrected chi connectivity index (χ3v) is 3.82. The van der Waals surface area contributed by atoms with E-state index in [1.807, 2.05) is 25.1 Å². The van der Waals surface area contributed by atoms with Crippen LogP contribution >= 0.6 is 0 Å². The van der Waals surface area contributed by atoms with Crippen molar-refractivity contribution in [3.05, 3.63) is 30.1 Å². The molecule has 0 saturated heterocycles. The molecule has 0 N–H and O–H groups in total. The Bertz CT molecular complexity index is 373. The number of pyridine rings is 1. The molecule has 1 aromatic heterocycles. The predicted octanol–water partition coefficient (Wildman–Crippen LogP) is 2.70. The molecule has 3 nitrogen and oxygen atoms in total. The predicted molar refractivity (Wildman–Crippen MR) is 74.6 cm³/mol. The van der Waals surface area contributed by atoms with Crippen LogP contribution in [0.4, 0.5) is 0 Å². The average molecular weight is 248 g/mol. The van der Waals surface area contributed by atoms with E-state index >= 15 is 0 Å². The maximum Gasteiger partial charge on any atom is 0.158 e. The average Bonchev–Trinajstić information content (AvgIpc) is 2.40. The molecule has 100 valence electrons. The molecule has 18 heavy (non-hydrogen) atoms. The fourth-order valence-corrected chi connectivity index (χ4v) is 2.38.